The molecular weight excluding hydrogens is 259 g/mol. The Morgan fingerprint density at radius 3 is 2.63 bits per heavy atom. The zero-order valence-electron chi connectivity index (χ0n) is 10.4. The van der Waals surface area contributed by atoms with Crippen molar-refractivity contribution in [3.63, 3.8) is 0 Å². The topological polar surface area (TPSA) is 53.2 Å². The molecule has 0 radical (unpaired) electrons. The molecule has 0 heterocycles. The predicted octanol–water partition coefficient (Wildman–Crippen LogP) is 3.46. The third kappa shape index (κ3) is 4.45. The molecule has 6 heteroatoms. The van der Waals surface area contributed by atoms with E-state index in [1.54, 1.807) is 0 Å². The van der Waals surface area contributed by atoms with Crippen LogP contribution in [0.2, 0.25) is 0 Å². The molecule has 1 N–H and O–H groups in total. The van der Waals surface area contributed by atoms with Crippen LogP contribution in [0.1, 0.15) is 37.3 Å². The van der Waals surface area contributed by atoms with Crippen molar-refractivity contribution in [3.8, 4) is 11.8 Å². The van der Waals surface area contributed by atoms with E-state index in [0.717, 1.165) is 18.6 Å². The molecule has 0 saturated heterocycles. The van der Waals surface area contributed by atoms with Crippen molar-refractivity contribution < 1.29 is 23.0 Å². The number of hydrogen-bond donors (Lipinski definition) is 1. The molecule has 0 aromatic heterocycles. The number of aliphatic hydroxyl groups excluding tert-OH is 1. The van der Waals surface area contributed by atoms with Crippen molar-refractivity contribution in [2.75, 3.05) is 0 Å². The van der Waals surface area contributed by atoms with Gasteiger partial charge in [-0.05, 0) is 24.6 Å². The van der Waals surface area contributed by atoms with Crippen LogP contribution in [0.3, 0.4) is 0 Å². The van der Waals surface area contributed by atoms with Gasteiger partial charge in [-0.1, -0.05) is 13.3 Å². The molecule has 0 saturated carbocycles. The van der Waals surface area contributed by atoms with Crippen molar-refractivity contribution in [2.45, 2.75) is 38.7 Å². The van der Waals surface area contributed by atoms with Crippen molar-refractivity contribution in [1.82, 2.24) is 0 Å². The smallest absolute Gasteiger partial charge is 0.417 e. The lowest BCUT2D eigenvalue weighted by Gasteiger charge is -2.15. The lowest BCUT2D eigenvalue weighted by atomic mass is 10.1. The van der Waals surface area contributed by atoms with Gasteiger partial charge in [0.25, 0.3) is 0 Å². The number of nitriles is 1. The van der Waals surface area contributed by atoms with Crippen LogP contribution in [-0.2, 0) is 6.18 Å². The maximum absolute atomic E-state index is 12.7. The minimum atomic E-state index is -4.63. The molecule has 19 heavy (non-hydrogen) atoms. The van der Waals surface area contributed by atoms with Crippen molar-refractivity contribution in [2.24, 2.45) is 0 Å². The van der Waals surface area contributed by atoms with E-state index in [4.69, 9.17) is 10.00 Å². The third-order valence-corrected chi connectivity index (χ3v) is 2.49. The highest BCUT2D eigenvalue weighted by Crippen LogP contribution is 2.34. The monoisotopic (exact) mass is 273 g/mol. The second-order valence-corrected chi connectivity index (χ2v) is 4.03. The van der Waals surface area contributed by atoms with Crippen molar-refractivity contribution in [3.05, 3.63) is 29.3 Å². The zero-order valence-corrected chi connectivity index (χ0v) is 10.4. The molecule has 0 spiro atoms. The number of alkyl halides is 3. The van der Waals surface area contributed by atoms with E-state index < -0.39 is 23.6 Å². The highest BCUT2D eigenvalue weighted by molar-refractivity contribution is 5.44. The fourth-order valence-corrected chi connectivity index (χ4v) is 1.52. The summed E-state index contributed by atoms with van der Waals surface area (Å²) in [6.07, 6.45) is -3.86. The van der Waals surface area contributed by atoms with Gasteiger partial charge in [-0.3, -0.25) is 0 Å². The number of halogens is 3. The van der Waals surface area contributed by atoms with Crippen LogP contribution < -0.4 is 4.74 Å². The van der Waals surface area contributed by atoms with Crippen LogP contribution in [0.5, 0.6) is 5.75 Å². The quantitative estimate of drug-likeness (QED) is 0.836. The lowest BCUT2D eigenvalue weighted by Crippen LogP contribution is -2.16. The van der Waals surface area contributed by atoms with E-state index in [1.807, 2.05) is 6.92 Å². The van der Waals surface area contributed by atoms with Crippen LogP contribution in [0.15, 0.2) is 18.2 Å². The summed E-state index contributed by atoms with van der Waals surface area (Å²) < 4.78 is 43.1. The van der Waals surface area contributed by atoms with Gasteiger partial charge in [-0.25, -0.2) is 0 Å². The number of benzene rings is 1. The van der Waals surface area contributed by atoms with Gasteiger partial charge in [0.15, 0.2) is 6.29 Å². The Morgan fingerprint density at radius 1 is 1.42 bits per heavy atom. The van der Waals surface area contributed by atoms with Gasteiger partial charge in [-0.15, -0.1) is 0 Å². The Labute approximate surface area is 109 Å². The number of aliphatic hydroxyl groups is 1. The number of nitrogens with zero attached hydrogens (tertiary/aromatic N) is 1. The maximum atomic E-state index is 12.7. The molecule has 0 aliphatic carbocycles. The number of hydrogen-bond acceptors (Lipinski definition) is 3. The van der Waals surface area contributed by atoms with Crippen molar-refractivity contribution in [1.29, 1.82) is 5.26 Å². The minimum Gasteiger partial charge on any atom is -0.465 e. The molecule has 1 unspecified atom stereocenters. The predicted molar refractivity (Wildman–Crippen MR) is 62.3 cm³/mol. The first kappa shape index (κ1) is 15.3. The van der Waals surface area contributed by atoms with Crippen LogP contribution in [0.25, 0.3) is 0 Å². The molecular formula is C13H14F3NO2. The van der Waals surface area contributed by atoms with E-state index in [9.17, 15) is 18.3 Å². The second kappa shape index (κ2) is 6.43. The normalized spacial score (nSPS) is 12.8. The standard InChI is InChI=1S/C13H14F3NO2/c1-2-3-4-12(18)19-10-6-5-9(8-17)11(7-10)13(14,15)16/h5-7,12,18H,2-4H2,1H3. The lowest BCUT2D eigenvalue weighted by molar-refractivity contribution is -0.138. The SMILES string of the molecule is CCCCC(O)Oc1ccc(C#N)c(C(F)(F)F)c1. The molecule has 0 fully saturated rings. The van der Waals surface area contributed by atoms with E-state index in [1.165, 1.54) is 12.1 Å². The van der Waals surface area contributed by atoms with E-state index >= 15 is 0 Å². The molecule has 1 aromatic rings. The second-order valence-electron chi connectivity index (χ2n) is 4.03. The fraction of sp³-hybridized carbons (Fsp3) is 0.462. The average Bonchev–Trinajstić information content (AvgIpc) is 2.35. The summed E-state index contributed by atoms with van der Waals surface area (Å²) in [5, 5.41) is 18.1. The van der Waals surface area contributed by atoms with Crippen LogP contribution >= 0.6 is 0 Å². The summed E-state index contributed by atoms with van der Waals surface area (Å²) in [4.78, 5) is 0. The number of unbranched alkanes of at least 4 members (excludes halogenated alkanes) is 1. The largest absolute Gasteiger partial charge is 0.465 e. The average molecular weight is 273 g/mol. The summed E-state index contributed by atoms with van der Waals surface area (Å²) >= 11 is 0. The Hall–Kier alpha value is -1.74. The first-order valence-corrected chi connectivity index (χ1v) is 5.84. The summed E-state index contributed by atoms with van der Waals surface area (Å²) in [6, 6.07) is 4.48. The van der Waals surface area contributed by atoms with Gasteiger partial charge in [0, 0.05) is 6.42 Å². The molecule has 1 aromatic carbocycles. The summed E-state index contributed by atoms with van der Waals surface area (Å²) in [5.41, 5.74) is -1.53. The summed E-state index contributed by atoms with van der Waals surface area (Å²) in [6.45, 7) is 1.93. The van der Waals surface area contributed by atoms with Crippen LogP contribution in [0.4, 0.5) is 13.2 Å². The molecule has 0 bridgehead atoms. The van der Waals surface area contributed by atoms with Gasteiger partial charge in [0.1, 0.15) is 5.75 Å². The molecule has 0 amide bonds. The third-order valence-electron chi connectivity index (χ3n) is 2.49. The Bertz CT molecular complexity index is 466. The fourth-order valence-electron chi connectivity index (χ4n) is 1.52. The highest BCUT2D eigenvalue weighted by Gasteiger charge is 2.34. The summed E-state index contributed by atoms with van der Waals surface area (Å²) in [5.74, 6) is -0.102. The van der Waals surface area contributed by atoms with Crippen LogP contribution in [0, 0.1) is 11.3 Å². The molecule has 104 valence electrons. The van der Waals surface area contributed by atoms with Gasteiger partial charge in [-0.2, -0.15) is 18.4 Å². The molecule has 1 rings (SSSR count). The minimum absolute atomic E-state index is 0.102. The Morgan fingerprint density at radius 2 is 2.11 bits per heavy atom. The van der Waals surface area contributed by atoms with E-state index in [-0.39, 0.29) is 5.75 Å². The molecule has 1 atom stereocenters. The number of ether oxygens (including phenoxy) is 1. The Kier molecular flexibility index (Phi) is 5.19. The molecule has 0 aliphatic rings. The maximum Gasteiger partial charge on any atom is 0.417 e. The number of rotatable bonds is 5. The molecule has 3 nitrogen and oxygen atoms in total. The van der Waals surface area contributed by atoms with Gasteiger partial charge < -0.3 is 9.84 Å². The summed E-state index contributed by atoms with van der Waals surface area (Å²) in [7, 11) is 0. The van der Waals surface area contributed by atoms with Crippen LogP contribution in [-0.4, -0.2) is 11.4 Å². The highest BCUT2D eigenvalue weighted by atomic mass is 19.4. The first-order chi connectivity index (χ1) is 8.88. The van der Waals surface area contributed by atoms with Crippen molar-refractivity contribution >= 4 is 0 Å². The van der Waals surface area contributed by atoms with E-state index in [2.05, 4.69) is 0 Å². The first-order valence-electron chi connectivity index (χ1n) is 5.84. The molecule has 0 aliphatic heterocycles. The Balaban J connectivity index is 2.91. The van der Waals surface area contributed by atoms with E-state index in [0.29, 0.717) is 12.8 Å². The van der Waals surface area contributed by atoms with Gasteiger partial charge in [0.2, 0.25) is 0 Å². The zero-order chi connectivity index (χ0) is 14.5. The van der Waals surface area contributed by atoms with Gasteiger partial charge in [0.05, 0.1) is 17.2 Å². The van der Waals surface area contributed by atoms with Gasteiger partial charge >= 0.3 is 6.18 Å².